The zero-order valence-corrected chi connectivity index (χ0v) is 6.66. The highest BCUT2D eigenvalue weighted by atomic mass is 16.3. The number of anilines is 1. The van der Waals surface area contributed by atoms with Crippen LogP contribution in [0.25, 0.3) is 0 Å². The van der Waals surface area contributed by atoms with Crippen LogP contribution in [0.4, 0.5) is 5.69 Å². The fourth-order valence-corrected chi connectivity index (χ4v) is 1.48. The van der Waals surface area contributed by atoms with E-state index in [1.165, 1.54) is 0 Å². The Kier molecular flexibility index (Phi) is 1.41. The number of hydrogen-bond donors (Lipinski definition) is 2. The minimum absolute atomic E-state index is 0.334. The first-order chi connectivity index (χ1) is 5.70. The van der Waals surface area contributed by atoms with Gasteiger partial charge in [0, 0.05) is 11.3 Å². The molecule has 0 aromatic heterocycles. The summed E-state index contributed by atoms with van der Waals surface area (Å²) in [6.07, 6.45) is -0.985. The monoisotopic (exact) mass is 163 g/mol. The topological polar surface area (TPSA) is 49.3 Å². The molecule has 1 aromatic carbocycles. The minimum atomic E-state index is -0.985. The lowest BCUT2D eigenvalue weighted by Gasteiger charge is -2.03. The zero-order valence-electron chi connectivity index (χ0n) is 6.66. The van der Waals surface area contributed by atoms with Gasteiger partial charge in [-0.1, -0.05) is 12.1 Å². The summed E-state index contributed by atoms with van der Waals surface area (Å²) in [5, 5.41) is 12.0. The van der Waals surface area contributed by atoms with E-state index < -0.39 is 6.10 Å². The summed E-state index contributed by atoms with van der Waals surface area (Å²) in [4.78, 5) is 11.0. The maximum atomic E-state index is 11.0. The van der Waals surface area contributed by atoms with Crippen molar-refractivity contribution < 1.29 is 9.90 Å². The molecule has 62 valence electrons. The van der Waals surface area contributed by atoms with Gasteiger partial charge in [0.2, 0.25) is 0 Å². The molecule has 0 saturated carbocycles. The molecular weight excluding hydrogens is 154 g/mol. The van der Waals surface area contributed by atoms with E-state index in [2.05, 4.69) is 5.32 Å². The molecule has 1 unspecified atom stereocenters. The molecule has 0 spiro atoms. The first kappa shape index (κ1) is 7.31. The van der Waals surface area contributed by atoms with Crippen molar-refractivity contribution in [2.45, 2.75) is 13.0 Å². The number of fused-ring (bicyclic) bond motifs is 1. The second-order valence-corrected chi connectivity index (χ2v) is 2.93. The van der Waals surface area contributed by atoms with Gasteiger partial charge in [0.25, 0.3) is 5.91 Å². The third kappa shape index (κ3) is 0.833. The number of rotatable bonds is 0. The number of carbonyl (C=O) groups is 1. The molecule has 0 radical (unpaired) electrons. The number of nitrogens with one attached hydrogen (secondary N) is 1. The van der Waals surface area contributed by atoms with Crippen molar-refractivity contribution in [3.8, 4) is 0 Å². The van der Waals surface area contributed by atoms with Crippen LogP contribution in [0.2, 0.25) is 0 Å². The standard InChI is InChI=1S/C9H9NO2/c1-5-3-2-4-6-7(5)8(11)9(12)10-6/h2-4,8,11H,1H3,(H,10,12). The Morgan fingerprint density at radius 3 is 2.92 bits per heavy atom. The highest BCUT2D eigenvalue weighted by Crippen LogP contribution is 2.32. The van der Waals surface area contributed by atoms with Crippen LogP contribution < -0.4 is 5.32 Å². The Morgan fingerprint density at radius 1 is 1.50 bits per heavy atom. The first-order valence-corrected chi connectivity index (χ1v) is 3.78. The van der Waals surface area contributed by atoms with Crippen molar-refractivity contribution >= 4 is 11.6 Å². The molecule has 1 heterocycles. The highest BCUT2D eigenvalue weighted by Gasteiger charge is 2.29. The van der Waals surface area contributed by atoms with Gasteiger partial charge in [-0.05, 0) is 18.6 Å². The summed E-state index contributed by atoms with van der Waals surface area (Å²) in [7, 11) is 0. The van der Waals surface area contributed by atoms with Gasteiger partial charge in [-0.3, -0.25) is 4.79 Å². The second-order valence-electron chi connectivity index (χ2n) is 2.93. The average molecular weight is 163 g/mol. The molecule has 1 atom stereocenters. The Bertz CT molecular complexity index is 346. The zero-order chi connectivity index (χ0) is 8.72. The van der Waals surface area contributed by atoms with E-state index in [1.54, 1.807) is 6.07 Å². The van der Waals surface area contributed by atoms with E-state index in [0.717, 1.165) is 11.3 Å². The summed E-state index contributed by atoms with van der Waals surface area (Å²) in [6, 6.07) is 5.52. The third-order valence-corrected chi connectivity index (χ3v) is 2.10. The van der Waals surface area contributed by atoms with Gasteiger partial charge in [0.1, 0.15) is 0 Å². The van der Waals surface area contributed by atoms with Crippen molar-refractivity contribution in [3.05, 3.63) is 29.3 Å². The van der Waals surface area contributed by atoms with E-state index in [9.17, 15) is 9.90 Å². The summed E-state index contributed by atoms with van der Waals surface area (Å²) < 4.78 is 0. The number of aliphatic hydroxyl groups is 1. The molecule has 0 saturated heterocycles. The Morgan fingerprint density at radius 2 is 2.25 bits per heavy atom. The second kappa shape index (κ2) is 2.32. The fourth-order valence-electron chi connectivity index (χ4n) is 1.48. The maximum absolute atomic E-state index is 11.0. The molecule has 0 aliphatic carbocycles. The van der Waals surface area contributed by atoms with Crippen LogP contribution in [-0.4, -0.2) is 11.0 Å². The predicted molar refractivity (Wildman–Crippen MR) is 44.8 cm³/mol. The number of amides is 1. The number of benzene rings is 1. The van der Waals surface area contributed by atoms with Crippen molar-refractivity contribution in [1.29, 1.82) is 0 Å². The smallest absolute Gasteiger partial charge is 0.257 e. The molecular formula is C9H9NO2. The van der Waals surface area contributed by atoms with Gasteiger partial charge in [-0.25, -0.2) is 0 Å². The normalized spacial score (nSPS) is 20.5. The Labute approximate surface area is 70.0 Å². The molecule has 12 heavy (non-hydrogen) atoms. The SMILES string of the molecule is Cc1cccc2c1C(O)C(=O)N2. The van der Waals surface area contributed by atoms with E-state index in [0.29, 0.717) is 5.56 Å². The van der Waals surface area contributed by atoms with Crippen LogP contribution in [0.5, 0.6) is 0 Å². The number of hydrogen-bond acceptors (Lipinski definition) is 2. The van der Waals surface area contributed by atoms with E-state index >= 15 is 0 Å². The van der Waals surface area contributed by atoms with Crippen molar-refractivity contribution in [2.24, 2.45) is 0 Å². The first-order valence-electron chi connectivity index (χ1n) is 3.78. The minimum Gasteiger partial charge on any atom is -0.378 e. The average Bonchev–Trinajstić information content (AvgIpc) is 2.29. The number of aryl methyl sites for hydroxylation is 1. The van der Waals surface area contributed by atoms with Crippen molar-refractivity contribution in [2.75, 3.05) is 5.32 Å². The van der Waals surface area contributed by atoms with Crippen LogP contribution in [0.1, 0.15) is 17.2 Å². The number of carbonyl (C=O) groups excluding carboxylic acids is 1. The van der Waals surface area contributed by atoms with Crippen molar-refractivity contribution in [3.63, 3.8) is 0 Å². The predicted octanol–water partition coefficient (Wildman–Crippen LogP) is 0.981. The van der Waals surface area contributed by atoms with Gasteiger partial charge < -0.3 is 10.4 Å². The number of aliphatic hydroxyl groups excluding tert-OH is 1. The Hall–Kier alpha value is -1.35. The van der Waals surface area contributed by atoms with Crippen LogP contribution in [-0.2, 0) is 4.79 Å². The molecule has 2 N–H and O–H groups in total. The molecule has 3 nitrogen and oxygen atoms in total. The van der Waals surface area contributed by atoms with Crippen LogP contribution in [0, 0.1) is 6.92 Å². The molecule has 1 aliphatic heterocycles. The molecule has 0 fully saturated rings. The summed E-state index contributed by atoms with van der Waals surface area (Å²) in [6.45, 7) is 1.88. The summed E-state index contributed by atoms with van der Waals surface area (Å²) >= 11 is 0. The van der Waals surface area contributed by atoms with Crippen molar-refractivity contribution in [1.82, 2.24) is 0 Å². The summed E-state index contributed by atoms with van der Waals surface area (Å²) in [5.74, 6) is -0.334. The van der Waals surface area contributed by atoms with Crippen LogP contribution in [0.3, 0.4) is 0 Å². The van der Waals surface area contributed by atoms with E-state index in [-0.39, 0.29) is 5.91 Å². The molecule has 1 aliphatic rings. The quantitative estimate of drug-likeness (QED) is 0.599. The lowest BCUT2D eigenvalue weighted by atomic mass is 10.0. The van der Waals surface area contributed by atoms with E-state index in [1.807, 2.05) is 19.1 Å². The lowest BCUT2D eigenvalue weighted by Crippen LogP contribution is -2.10. The molecule has 1 aromatic rings. The van der Waals surface area contributed by atoms with Gasteiger partial charge in [-0.2, -0.15) is 0 Å². The molecule has 1 amide bonds. The van der Waals surface area contributed by atoms with Gasteiger partial charge in [0.05, 0.1) is 0 Å². The van der Waals surface area contributed by atoms with Gasteiger partial charge in [-0.15, -0.1) is 0 Å². The molecule has 0 bridgehead atoms. The molecule has 3 heteroatoms. The molecule has 2 rings (SSSR count). The Balaban J connectivity index is 2.62. The van der Waals surface area contributed by atoms with Crippen LogP contribution >= 0.6 is 0 Å². The van der Waals surface area contributed by atoms with Gasteiger partial charge in [0.15, 0.2) is 6.10 Å². The fraction of sp³-hybridized carbons (Fsp3) is 0.222. The lowest BCUT2D eigenvalue weighted by molar-refractivity contribution is -0.123. The summed E-state index contributed by atoms with van der Waals surface area (Å²) in [5.41, 5.74) is 2.38. The maximum Gasteiger partial charge on any atom is 0.257 e. The van der Waals surface area contributed by atoms with Crippen LogP contribution in [0.15, 0.2) is 18.2 Å². The van der Waals surface area contributed by atoms with Gasteiger partial charge >= 0.3 is 0 Å². The third-order valence-electron chi connectivity index (χ3n) is 2.10. The highest BCUT2D eigenvalue weighted by molar-refractivity contribution is 6.02. The van der Waals surface area contributed by atoms with E-state index in [4.69, 9.17) is 0 Å². The largest absolute Gasteiger partial charge is 0.378 e.